The Bertz CT molecular complexity index is 932. The Morgan fingerprint density at radius 1 is 0.583 bits per heavy atom. The van der Waals surface area contributed by atoms with E-state index in [1.165, 1.54) is 89.5 Å². The van der Waals surface area contributed by atoms with Gasteiger partial charge in [-0.25, -0.2) is 0 Å². The van der Waals surface area contributed by atoms with Gasteiger partial charge in [0.05, 0.1) is 5.56 Å². The molecule has 0 bridgehead atoms. The minimum atomic E-state index is -0.296. The minimum Gasteiger partial charge on any atom is -0.508 e. The monoisotopic (exact) mass is 498 g/mol. The highest BCUT2D eigenvalue weighted by Crippen LogP contribution is 2.47. The quantitative estimate of drug-likeness (QED) is 0.0882. The molecule has 0 aliphatic carbocycles. The lowest BCUT2D eigenvalue weighted by Crippen LogP contribution is -1.92. The number of phenols is 4. The summed E-state index contributed by atoms with van der Waals surface area (Å²) in [5.74, 6) is -0.550. The number of phenolic OH excluding ortho intramolecular Hbond substituents is 4. The molecule has 2 aromatic carbocycles. The average Bonchev–Trinajstić information content (AvgIpc) is 2.86. The normalized spacial score (nSPS) is 11.7. The van der Waals surface area contributed by atoms with Crippen molar-refractivity contribution in [2.75, 3.05) is 0 Å². The fourth-order valence-corrected chi connectivity index (χ4v) is 5.06. The number of aryl methyl sites for hydroxylation is 1. The highest BCUT2D eigenvalue weighted by atomic mass is 16.3. The standard InChI is InChI=1S/C32H50O4/c1-3-5-7-9-11-13-15-17-19-21-25-23-26(33)24-28-29(25)32(36)31(35)27(30(28)34)22-20-18-16-14-12-10-8-6-4-2/h20,22-24,33-36H,3-19,21H2,1-2H3. The second kappa shape index (κ2) is 17.2. The van der Waals surface area contributed by atoms with E-state index in [0.29, 0.717) is 17.2 Å². The highest BCUT2D eigenvalue weighted by molar-refractivity contribution is 6.01. The van der Waals surface area contributed by atoms with Crippen LogP contribution in [0.1, 0.15) is 134 Å². The predicted octanol–water partition coefficient (Wildman–Crippen LogP) is 9.89. The molecule has 0 amide bonds. The van der Waals surface area contributed by atoms with Crippen molar-refractivity contribution in [3.63, 3.8) is 0 Å². The molecule has 0 aliphatic rings. The van der Waals surface area contributed by atoms with Gasteiger partial charge in [0, 0.05) is 10.8 Å². The summed E-state index contributed by atoms with van der Waals surface area (Å²) in [4.78, 5) is 0. The summed E-state index contributed by atoms with van der Waals surface area (Å²) in [6.45, 7) is 4.46. The Morgan fingerprint density at radius 3 is 1.69 bits per heavy atom. The van der Waals surface area contributed by atoms with Crippen LogP contribution in [0.4, 0.5) is 0 Å². The Balaban J connectivity index is 1.98. The molecule has 0 spiro atoms. The van der Waals surface area contributed by atoms with Crippen LogP contribution >= 0.6 is 0 Å². The maximum Gasteiger partial charge on any atom is 0.169 e. The summed E-state index contributed by atoms with van der Waals surface area (Å²) in [6, 6.07) is 3.11. The zero-order chi connectivity index (χ0) is 26.2. The van der Waals surface area contributed by atoms with E-state index in [9.17, 15) is 20.4 Å². The Kier molecular flexibility index (Phi) is 14.2. The third-order valence-electron chi connectivity index (χ3n) is 7.24. The van der Waals surface area contributed by atoms with E-state index in [2.05, 4.69) is 13.8 Å². The molecule has 0 saturated carbocycles. The van der Waals surface area contributed by atoms with Crippen LogP contribution in [-0.2, 0) is 6.42 Å². The number of hydrogen-bond donors (Lipinski definition) is 4. The van der Waals surface area contributed by atoms with Crippen LogP contribution in [0.5, 0.6) is 23.0 Å². The first kappa shape index (κ1) is 29.9. The maximum absolute atomic E-state index is 10.9. The first-order valence-corrected chi connectivity index (χ1v) is 14.6. The molecule has 0 radical (unpaired) electrons. The van der Waals surface area contributed by atoms with E-state index in [0.717, 1.165) is 31.2 Å². The van der Waals surface area contributed by atoms with Gasteiger partial charge in [0.15, 0.2) is 11.5 Å². The fraction of sp³-hybridized carbons (Fsp3) is 0.625. The predicted molar refractivity (Wildman–Crippen MR) is 153 cm³/mol. The van der Waals surface area contributed by atoms with Crippen LogP contribution in [-0.4, -0.2) is 20.4 Å². The van der Waals surface area contributed by atoms with Gasteiger partial charge in [-0.15, -0.1) is 0 Å². The van der Waals surface area contributed by atoms with Gasteiger partial charge >= 0.3 is 0 Å². The molecule has 0 aliphatic heterocycles. The average molecular weight is 499 g/mol. The molecular formula is C32H50O4. The van der Waals surface area contributed by atoms with Crippen LogP contribution in [0.15, 0.2) is 18.2 Å². The lowest BCUT2D eigenvalue weighted by molar-refractivity contribution is 0.400. The Hall–Kier alpha value is -2.36. The van der Waals surface area contributed by atoms with E-state index < -0.39 is 0 Å². The lowest BCUT2D eigenvalue weighted by atomic mass is 9.94. The summed E-state index contributed by atoms with van der Waals surface area (Å²) < 4.78 is 0. The molecule has 0 heterocycles. The van der Waals surface area contributed by atoms with Crippen molar-refractivity contribution in [1.29, 1.82) is 0 Å². The topological polar surface area (TPSA) is 80.9 Å². The Labute approximate surface area is 219 Å². The van der Waals surface area contributed by atoms with E-state index in [-0.39, 0.29) is 28.6 Å². The number of aromatic hydroxyl groups is 4. The molecular weight excluding hydrogens is 448 g/mol. The highest BCUT2D eigenvalue weighted by Gasteiger charge is 2.20. The largest absolute Gasteiger partial charge is 0.508 e. The zero-order valence-electron chi connectivity index (χ0n) is 22.8. The molecule has 0 fully saturated rings. The van der Waals surface area contributed by atoms with E-state index in [1.54, 1.807) is 12.1 Å². The molecule has 2 rings (SSSR count). The summed E-state index contributed by atoms with van der Waals surface area (Å²) in [6.07, 6.45) is 24.8. The van der Waals surface area contributed by atoms with E-state index >= 15 is 0 Å². The van der Waals surface area contributed by atoms with Crippen LogP contribution in [0, 0.1) is 0 Å². The van der Waals surface area contributed by atoms with Gasteiger partial charge in [-0.05, 0) is 43.4 Å². The number of hydrogen-bond acceptors (Lipinski definition) is 4. The van der Waals surface area contributed by atoms with Gasteiger partial charge in [-0.2, -0.15) is 0 Å². The zero-order valence-corrected chi connectivity index (χ0v) is 22.8. The number of allylic oxidation sites excluding steroid dienone is 1. The number of benzene rings is 2. The number of unbranched alkanes of at least 4 members (excludes halogenated alkanes) is 15. The molecule has 4 heteroatoms. The molecule has 0 saturated heterocycles. The minimum absolute atomic E-state index is 0.0619. The molecule has 202 valence electrons. The lowest BCUT2D eigenvalue weighted by Gasteiger charge is -2.15. The second-order valence-electron chi connectivity index (χ2n) is 10.4. The van der Waals surface area contributed by atoms with Crippen LogP contribution < -0.4 is 0 Å². The van der Waals surface area contributed by atoms with Crippen molar-refractivity contribution in [2.45, 2.75) is 129 Å². The van der Waals surface area contributed by atoms with E-state index in [4.69, 9.17) is 0 Å². The summed E-state index contributed by atoms with van der Waals surface area (Å²) in [7, 11) is 0. The SMILES string of the molecule is CCCCCCCCCC=Cc1c(O)c(O)c2c(CCCCCCCCCCC)cc(O)cc2c1O. The third kappa shape index (κ3) is 9.59. The third-order valence-corrected chi connectivity index (χ3v) is 7.24. The van der Waals surface area contributed by atoms with Gasteiger partial charge in [0.1, 0.15) is 11.5 Å². The fourth-order valence-electron chi connectivity index (χ4n) is 5.06. The summed E-state index contributed by atoms with van der Waals surface area (Å²) in [5.41, 5.74) is 0.970. The van der Waals surface area contributed by atoms with E-state index in [1.807, 2.05) is 6.08 Å². The molecule has 2 aromatic rings. The van der Waals surface area contributed by atoms with Crippen LogP contribution in [0.2, 0.25) is 0 Å². The number of rotatable bonds is 19. The molecule has 4 N–H and O–H groups in total. The Morgan fingerprint density at radius 2 is 1.11 bits per heavy atom. The van der Waals surface area contributed by atoms with Crippen molar-refractivity contribution in [1.82, 2.24) is 0 Å². The van der Waals surface area contributed by atoms with Gasteiger partial charge < -0.3 is 20.4 Å². The molecule has 0 unspecified atom stereocenters. The van der Waals surface area contributed by atoms with Crippen LogP contribution in [0.25, 0.3) is 16.8 Å². The van der Waals surface area contributed by atoms with Crippen molar-refractivity contribution < 1.29 is 20.4 Å². The molecule has 0 atom stereocenters. The summed E-state index contributed by atoms with van der Waals surface area (Å²) >= 11 is 0. The molecule has 0 aromatic heterocycles. The van der Waals surface area contributed by atoms with Crippen molar-refractivity contribution >= 4 is 16.8 Å². The van der Waals surface area contributed by atoms with Crippen molar-refractivity contribution in [2.24, 2.45) is 0 Å². The maximum atomic E-state index is 10.9. The van der Waals surface area contributed by atoms with Crippen molar-refractivity contribution in [3.05, 3.63) is 29.3 Å². The van der Waals surface area contributed by atoms with Gasteiger partial charge in [-0.1, -0.05) is 116 Å². The van der Waals surface area contributed by atoms with Gasteiger partial charge in [0.25, 0.3) is 0 Å². The number of fused-ring (bicyclic) bond motifs is 1. The van der Waals surface area contributed by atoms with Gasteiger partial charge in [-0.3, -0.25) is 0 Å². The second-order valence-corrected chi connectivity index (χ2v) is 10.4. The van der Waals surface area contributed by atoms with Crippen molar-refractivity contribution in [3.8, 4) is 23.0 Å². The van der Waals surface area contributed by atoms with Crippen LogP contribution in [0.3, 0.4) is 0 Å². The smallest absolute Gasteiger partial charge is 0.169 e. The first-order valence-electron chi connectivity index (χ1n) is 14.6. The first-order chi connectivity index (χ1) is 17.5. The summed E-state index contributed by atoms with van der Waals surface area (Å²) in [5, 5.41) is 43.6. The molecule has 4 nitrogen and oxygen atoms in total. The van der Waals surface area contributed by atoms with Gasteiger partial charge in [0.2, 0.25) is 0 Å². The molecule has 36 heavy (non-hydrogen) atoms.